The van der Waals surface area contributed by atoms with E-state index in [1.165, 1.54) is 0 Å². The van der Waals surface area contributed by atoms with Crippen LogP contribution >= 0.6 is 0 Å². The Labute approximate surface area is 108 Å². The predicted octanol–water partition coefficient (Wildman–Crippen LogP) is -0.169. The zero-order valence-electron chi connectivity index (χ0n) is 10.5. The van der Waals surface area contributed by atoms with Crippen molar-refractivity contribution in [3.05, 3.63) is 16.7 Å². The normalized spacial score (nSPS) is 23.1. The molecule has 2 aromatic rings. The Balaban J connectivity index is 2.05. The van der Waals surface area contributed by atoms with Crippen LogP contribution in [0.5, 0.6) is 0 Å². The van der Waals surface area contributed by atoms with E-state index in [1.807, 2.05) is 0 Å². The highest BCUT2D eigenvalue weighted by Crippen LogP contribution is 2.29. The summed E-state index contributed by atoms with van der Waals surface area (Å²) in [6.07, 6.45) is 2.70. The van der Waals surface area contributed by atoms with Crippen LogP contribution in [0.25, 0.3) is 11.2 Å². The third kappa shape index (κ3) is 1.98. The molecule has 0 radical (unpaired) electrons. The second kappa shape index (κ2) is 4.63. The number of fused-ring (bicyclic) bond motifs is 1. The highest BCUT2D eigenvalue weighted by atomic mass is 16.5. The number of H-pyrrole nitrogens is 1. The lowest BCUT2D eigenvalue weighted by Crippen LogP contribution is -2.16. The van der Waals surface area contributed by atoms with E-state index in [4.69, 9.17) is 9.84 Å². The molecule has 0 bridgehead atoms. The number of nitrogens with one attached hydrogen (secondary N) is 2. The van der Waals surface area contributed by atoms with Gasteiger partial charge in [0, 0.05) is 7.05 Å². The molecule has 3 N–H and O–H groups in total. The van der Waals surface area contributed by atoms with Crippen LogP contribution in [0, 0.1) is 0 Å². The fraction of sp³-hybridized carbons (Fsp3) is 0.545. The molecule has 2 unspecified atom stereocenters. The second-order valence-corrected chi connectivity index (χ2v) is 4.46. The monoisotopic (exact) mass is 265 g/mol. The minimum Gasteiger partial charge on any atom is -0.394 e. The topological polar surface area (TPSA) is 105 Å². The minimum atomic E-state index is -0.287. The average molecular weight is 265 g/mol. The van der Waals surface area contributed by atoms with Crippen LogP contribution in [0.1, 0.15) is 19.1 Å². The zero-order chi connectivity index (χ0) is 13.4. The molecule has 0 spiro atoms. The van der Waals surface area contributed by atoms with E-state index in [0.717, 1.165) is 12.8 Å². The SMILES string of the molecule is CNc1nc2c(ncn2C2CCC(CO)O2)c(=O)[nH]1. The Bertz CT molecular complexity index is 649. The third-order valence-electron chi connectivity index (χ3n) is 3.27. The number of rotatable bonds is 3. The van der Waals surface area contributed by atoms with Crippen molar-refractivity contribution < 1.29 is 9.84 Å². The molecule has 1 fully saturated rings. The van der Waals surface area contributed by atoms with Crippen molar-refractivity contribution in [2.24, 2.45) is 0 Å². The molecule has 0 aromatic carbocycles. The maximum absolute atomic E-state index is 11.8. The number of nitrogens with zero attached hydrogens (tertiary/aromatic N) is 3. The molecule has 2 atom stereocenters. The largest absolute Gasteiger partial charge is 0.394 e. The van der Waals surface area contributed by atoms with Crippen molar-refractivity contribution in [3.63, 3.8) is 0 Å². The van der Waals surface area contributed by atoms with Gasteiger partial charge in [0.05, 0.1) is 19.0 Å². The van der Waals surface area contributed by atoms with Crippen molar-refractivity contribution in [3.8, 4) is 0 Å². The molecular formula is C11H15N5O3. The van der Waals surface area contributed by atoms with Gasteiger partial charge >= 0.3 is 0 Å². The van der Waals surface area contributed by atoms with Crippen molar-refractivity contribution >= 4 is 17.1 Å². The van der Waals surface area contributed by atoms with E-state index in [9.17, 15) is 4.79 Å². The van der Waals surface area contributed by atoms with Gasteiger partial charge in [-0.1, -0.05) is 0 Å². The number of anilines is 1. The molecular weight excluding hydrogens is 250 g/mol. The molecule has 3 rings (SSSR count). The minimum absolute atomic E-state index is 0.00108. The molecule has 0 aliphatic carbocycles. The van der Waals surface area contributed by atoms with Crippen molar-refractivity contribution in [2.75, 3.05) is 19.0 Å². The lowest BCUT2D eigenvalue weighted by molar-refractivity contribution is -0.0207. The van der Waals surface area contributed by atoms with Crippen molar-refractivity contribution in [1.82, 2.24) is 19.5 Å². The van der Waals surface area contributed by atoms with Crippen molar-refractivity contribution in [1.29, 1.82) is 0 Å². The number of aromatic nitrogens is 4. The lowest BCUT2D eigenvalue weighted by Gasteiger charge is -2.13. The summed E-state index contributed by atoms with van der Waals surface area (Å²) < 4.78 is 7.41. The van der Waals surface area contributed by atoms with E-state index in [2.05, 4.69) is 20.3 Å². The van der Waals surface area contributed by atoms with Gasteiger partial charge in [-0.15, -0.1) is 0 Å². The second-order valence-electron chi connectivity index (χ2n) is 4.46. The van der Waals surface area contributed by atoms with E-state index >= 15 is 0 Å². The van der Waals surface area contributed by atoms with Crippen LogP contribution in [-0.4, -0.2) is 44.4 Å². The first kappa shape index (κ1) is 12.1. The molecule has 0 amide bonds. The molecule has 19 heavy (non-hydrogen) atoms. The van der Waals surface area contributed by atoms with Crippen LogP contribution in [0.4, 0.5) is 5.95 Å². The summed E-state index contributed by atoms with van der Waals surface area (Å²) in [4.78, 5) is 22.8. The third-order valence-corrected chi connectivity index (χ3v) is 3.27. The zero-order valence-corrected chi connectivity index (χ0v) is 10.5. The molecule has 2 aromatic heterocycles. The van der Waals surface area contributed by atoms with Gasteiger partial charge in [-0.25, -0.2) is 4.98 Å². The summed E-state index contributed by atoms with van der Waals surface area (Å²) in [7, 11) is 1.68. The summed E-state index contributed by atoms with van der Waals surface area (Å²) in [5, 5.41) is 11.9. The van der Waals surface area contributed by atoms with Gasteiger partial charge in [-0.3, -0.25) is 14.3 Å². The highest BCUT2D eigenvalue weighted by Gasteiger charge is 2.27. The number of imidazole rings is 1. The summed E-state index contributed by atoms with van der Waals surface area (Å²) >= 11 is 0. The lowest BCUT2D eigenvalue weighted by atomic mass is 10.2. The van der Waals surface area contributed by atoms with Crippen molar-refractivity contribution in [2.45, 2.75) is 25.2 Å². The van der Waals surface area contributed by atoms with E-state index < -0.39 is 0 Å². The number of hydrogen-bond acceptors (Lipinski definition) is 6. The van der Waals surface area contributed by atoms with Crippen LogP contribution in [0.3, 0.4) is 0 Å². The van der Waals surface area contributed by atoms with Gasteiger partial charge in [0.25, 0.3) is 5.56 Å². The molecule has 3 heterocycles. The van der Waals surface area contributed by atoms with E-state index in [1.54, 1.807) is 17.9 Å². The van der Waals surface area contributed by atoms with Crippen LogP contribution in [-0.2, 0) is 4.74 Å². The van der Waals surface area contributed by atoms with Gasteiger partial charge in [0.2, 0.25) is 5.95 Å². The maximum atomic E-state index is 11.8. The summed E-state index contributed by atoms with van der Waals surface area (Å²) in [6.45, 7) is -0.00108. The van der Waals surface area contributed by atoms with Gasteiger partial charge < -0.3 is 15.2 Å². The van der Waals surface area contributed by atoms with Crippen LogP contribution in [0.15, 0.2) is 11.1 Å². The molecule has 1 saturated heterocycles. The first-order valence-corrected chi connectivity index (χ1v) is 6.14. The summed E-state index contributed by atoms with van der Waals surface area (Å²) in [5.74, 6) is 0.385. The average Bonchev–Trinajstić information content (AvgIpc) is 3.04. The van der Waals surface area contributed by atoms with Gasteiger partial charge in [0.15, 0.2) is 11.2 Å². The number of hydrogen-bond donors (Lipinski definition) is 3. The predicted molar refractivity (Wildman–Crippen MR) is 67.9 cm³/mol. The molecule has 8 heteroatoms. The number of ether oxygens (including phenoxy) is 1. The quantitative estimate of drug-likeness (QED) is 0.711. The molecule has 0 saturated carbocycles. The Kier molecular flexibility index (Phi) is 2.96. The molecule has 102 valence electrons. The Hall–Kier alpha value is -1.93. The Morgan fingerprint density at radius 1 is 1.63 bits per heavy atom. The Morgan fingerprint density at radius 3 is 3.16 bits per heavy atom. The smallest absolute Gasteiger partial charge is 0.280 e. The summed E-state index contributed by atoms with van der Waals surface area (Å²) in [6, 6.07) is 0. The fourth-order valence-electron chi connectivity index (χ4n) is 2.28. The Morgan fingerprint density at radius 2 is 2.47 bits per heavy atom. The van der Waals surface area contributed by atoms with Gasteiger partial charge in [0.1, 0.15) is 6.23 Å². The molecule has 1 aliphatic rings. The standard InChI is InChI=1S/C11H15N5O3/c1-12-11-14-9-8(10(18)15-11)13-5-16(9)7-3-2-6(4-17)19-7/h5-7,17H,2-4H2,1H3,(H2,12,14,15,18). The first-order chi connectivity index (χ1) is 9.22. The van der Waals surface area contributed by atoms with E-state index in [-0.39, 0.29) is 30.0 Å². The summed E-state index contributed by atoms with van der Waals surface area (Å²) in [5.41, 5.74) is 0.483. The van der Waals surface area contributed by atoms with Gasteiger partial charge in [-0.05, 0) is 12.8 Å². The van der Waals surface area contributed by atoms with Crippen LogP contribution in [0.2, 0.25) is 0 Å². The number of aliphatic hydroxyl groups is 1. The fourth-order valence-corrected chi connectivity index (χ4v) is 2.28. The maximum Gasteiger partial charge on any atom is 0.280 e. The van der Waals surface area contributed by atoms with Crippen LogP contribution < -0.4 is 10.9 Å². The number of aliphatic hydroxyl groups excluding tert-OH is 1. The first-order valence-electron chi connectivity index (χ1n) is 6.14. The highest BCUT2D eigenvalue weighted by molar-refractivity contribution is 5.70. The molecule has 8 nitrogen and oxygen atoms in total. The molecule has 1 aliphatic heterocycles. The van der Waals surface area contributed by atoms with Gasteiger partial charge in [-0.2, -0.15) is 4.98 Å². The number of aromatic amines is 1. The van der Waals surface area contributed by atoms with E-state index in [0.29, 0.717) is 11.6 Å².